The third-order valence-corrected chi connectivity index (χ3v) is 5.71. The van der Waals surface area contributed by atoms with Crippen molar-refractivity contribution in [3.8, 4) is 22.3 Å². The molecule has 0 fully saturated rings. The van der Waals surface area contributed by atoms with Crippen LogP contribution in [0.1, 0.15) is 22.6 Å². The standard InChI is InChI=1S/C27H16N2O2/c30-16-28-20-12-8-18(9-13-20)22-6-3-7-25-23-4-1-2-5-24(23)26(27(22)25)19-10-14-21(15-11-19)29-17-31/h1-15,26H. The molecule has 4 aromatic carbocycles. The normalized spacial score (nSPS) is 13.5. The van der Waals surface area contributed by atoms with Gasteiger partial charge in [0.15, 0.2) is 0 Å². The maximum Gasteiger partial charge on any atom is 0.240 e. The van der Waals surface area contributed by atoms with E-state index >= 15 is 0 Å². The molecule has 5 rings (SSSR count). The molecule has 1 atom stereocenters. The maximum atomic E-state index is 10.6. The van der Waals surface area contributed by atoms with Gasteiger partial charge in [0.1, 0.15) is 0 Å². The molecule has 0 saturated carbocycles. The van der Waals surface area contributed by atoms with E-state index in [0.717, 1.165) is 16.7 Å². The molecule has 1 unspecified atom stereocenters. The third kappa shape index (κ3) is 3.23. The summed E-state index contributed by atoms with van der Waals surface area (Å²) >= 11 is 0. The fourth-order valence-electron chi connectivity index (χ4n) is 4.42. The molecule has 0 heterocycles. The maximum absolute atomic E-state index is 10.6. The lowest BCUT2D eigenvalue weighted by atomic mass is 9.85. The van der Waals surface area contributed by atoms with E-state index in [-0.39, 0.29) is 5.92 Å². The van der Waals surface area contributed by atoms with Crippen molar-refractivity contribution in [3.05, 3.63) is 108 Å². The predicted molar refractivity (Wildman–Crippen MR) is 120 cm³/mol. The van der Waals surface area contributed by atoms with Crippen LogP contribution in [0.25, 0.3) is 22.3 Å². The lowest BCUT2D eigenvalue weighted by Crippen LogP contribution is -2.01. The Labute approximate surface area is 179 Å². The number of carbonyl (C=O) groups excluding carboxylic acids is 2. The smallest absolute Gasteiger partial charge is 0.211 e. The monoisotopic (exact) mass is 400 g/mol. The van der Waals surface area contributed by atoms with Crippen molar-refractivity contribution in [2.24, 2.45) is 9.98 Å². The van der Waals surface area contributed by atoms with Gasteiger partial charge in [-0.25, -0.2) is 9.59 Å². The summed E-state index contributed by atoms with van der Waals surface area (Å²) < 4.78 is 0. The van der Waals surface area contributed by atoms with Gasteiger partial charge in [0.2, 0.25) is 12.2 Å². The second kappa shape index (κ2) is 7.81. The molecule has 0 radical (unpaired) electrons. The van der Waals surface area contributed by atoms with E-state index < -0.39 is 0 Å². The van der Waals surface area contributed by atoms with E-state index in [1.807, 2.05) is 48.5 Å². The quantitative estimate of drug-likeness (QED) is 0.257. The van der Waals surface area contributed by atoms with Crippen molar-refractivity contribution in [2.75, 3.05) is 0 Å². The van der Waals surface area contributed by atoms with Crippen molar-refractivity contribution in [3.63, 3.8) is 0 Å². The second-order valence-electron chi connectivity index (χ2n) is 7.33. The molecule has 4 heteroatoms. The zero-order valence-corrected chi connectivity index (χ0v) is 16.4. The van der Waals surface area contributed by atoms with E-state index in [1.165, 1.54) is 22.3 Å². The highest BCUT2D eigenvalue weighted by Crippen LogP contribution is 2.51. The first-order chi connectivity index (χ1) is 15.3. The number of fused-ring (bicyclic) bond motifs is 3. The second-order valence-corrected chi connectivity index (χ2v) is 7.33. The molecule has 1 aliphatic rings. The number of hydrogen-bond donors (Lipinski definition) is 0. The first-order valence-electron chi connectivity index (χ1n) is 9.88. The Balaban J connectivity index is 1.71. The summed E-state index contributed by atoms with van der Waals surface area (Å²) in [5, 5.41) is 0. The Morgan fingerprint density at radius 1 is 0.581 bits per heavy atom. The van der Waals surface area contributed by atoms with Crippen molar-refractivity contribution < 1.29 is 9.59 Å². The molecular weight excluding hydrogens is 384 g/mol. The zero-order chi connectivity index (χ0) is 21.2. The van der Waals surface area contributed by atoms with Crippen LogP contribution in [0.5, 0.6) is 0 Å². The van der Waals surface area contributed by atoms with Crippen LogP contribution in [0.2, 0.25) is 0 Å². The lowest BCUT2D eigenvalue weighted by Gasteiger charge is -2.18. The largest absolute Gasteiger partial charge is 0.240 e. The van der Waals surface area contributed by atoms with Gasteiger partial charge >= 0.3 is 0 Å². The van der Waals surface area contributed by atoms with Gasteiger partial charge in [-0.3, -0.25) is 0 Å². The summed E-state index contributed by atoms with van der Waals surface area (Å²) in [6.07, 6.45) is 3.17. The fourth-order valence-corrected chi connectivity index (χ4v) is 4.42. The number of rotatable bonds is 4. The van der Waals surface area contributed by atoms with Crippen molar-refractivity contribution in [1.82, 2.24) is 0 Å². The zero-order valence-electron chi connectivity index (χ0n) is 16.4. The number of nitrogens with zero attached hydrogens (tertiary/aromatic N) is 2. The number of hydrogen-bond acceptors (Lipinski definition) is 4. The van der Waals surface area contributed by atoms with Crippen LogP contribution in [0.4, 0.5) is 11.4 Å². The van der Waals surface area contributed by atoms with Crippen LogP contribution in [0.15, 0.2) is 101 Å². The third-order valence-electron chi connectivity index (χ3n) is 5.71. The van der Waals surface area contributed by atoms with E-state index in [2.05, 4.69) is 52.4 Å². The Morgan fingerprint density at radius 2 is 1.16 bits per heavy atom. The van der Waals surface area contributed by atoms with Gasteiger partial charge in [0.05, 0.1) is 11.4 Å². The van der Waals surface area contributed by atoms with Crippen molar-refractivity contribution >= 4 is 23.5 Å². The highest BCUT2D eigenvalue weighted by molar-refractivity contribution is 5.88. The van der Waals surface area contributed by atoms with Crippen molar-refractivity contribution in [1.29, 1.82) is 0 Å². The molecule has 4 nitrogen and oxygen atoms in total. The van der Waals surface area contributed by atoms with Gasteiger partial charge in [-0.05, 0) is 63.2 Å². The minimum absolute atomic E-state index is 0.0596. The summed E-state index contributed by atoms with van der Waals surface area (Å²) in [6.45, 7) is 0. The Morgan fingerprint density at radius 3 is 1.84 bits per heavy atom. The molecule has 0 spiro atoms. The van der Waals surface area contributed by atoms with Gasteiger partial charge in [0.25, 0.3) is 0 Å². The number of isocyanates is 2. The van der Waals surface area contributed by atoms with Crippen LogP contribution >= 0.6 is 0 Å². The number of benzene rings is 4. The van der Waals surface area contributed by atoms with Gasteiger partial charge in [-0.1, -0.05) is 66.7 Å². The summed E-state index contributed by atoms with van der Waals surface area (Å²) in [4.78, 5) is 28.5. The Hall–Kier alpha value is -4.36. The summed E-state index contributed by atoms with van der Waals surface area (Å²) in [5.41, 5.74) is 9.41. The van der Waals surface area contributed by atoms with Crippen molar-refractivity contribution in [2.45, 2.75) is 5.92 Å². The summed E-state index contributed by atoms with van der Waals surface area (Å²) in [5.74, 6) is 0.0596. The molecule has 31 heavy (non-hydrogen) atoms. The molecule has 146 valence electrons. The average molecular weight is 400 g/mol. The first kappa shape index (κ1) is 18.7. The predicted octanol–water partition coefficient (Wildman–Crippen LogP) is 6.45. The molecule has 1 aliphatic carbocycles. The molecule has 0 amide bonds. The molecule has 0 N–H and O–H groups in total. The summed E-state index contributed by atoms with van der Waals surface area (Å²) in [7, 11) is 0. The molecule has 0 aromatic heterocycles. The average Bonchev–Trinajstić information content (AvgIpc) is 3.15. The van der Waals surface area contributed by atoms with E-state index in [4.69, 9.17) is 0 Å². The van der Waals surface area contributed by atoms with Gasteiger partial charge in [0, 0.05) is 5.92 Å². The molecular formula is C27H16N2O2. The highest BCUT2D eigenvalue weighted by Gasteiger charge is 2.32. The minimum Gasteiger partial charge on any atom is -0.211 e. The molecule has 4 aromatic rings. The minimum atomic E-state index is 0.0596. The lowest BCUT2D eigenvalue weighted by molar-refractivity contribution is 0.564. The van der Waals surface area contributed by atoms with E-state index in [9.17, 15) is 9.59 Å². The summed E-state index contributed by atoms with van der Waals surface area (Å²) in [6, 6.07) is 30.1. The van der Waals surface area contributed by atoms with Crippen LogP contribution in [0.3, 0.4) is 0 Å². The van der Waals surface area contributed by atoms with Crippen LogP contribution in [-0.4, -0.2) is 12.2 Å². The van der Waals surface area contributed by atoms with Gasteiger partial charge in [-0.15, -0.1) is 0 Å². The highest BCUT2D eigenvalue weighted by atomic mass is 16.1. The Bertz CT molecular complexity index is 1380. The molecule has 0 saturated heterocycles. The van der Waals surface area contributed by atoms with E-state index in [0.29, 0.717) is 11.4 Å². The topological polar surface area (TPSA) is 58.9 Å². The first-order valence-corrected chi connectivity index (χ1v) is 9.88. The SMILES string of the molecule is O=C=Nc1ccc(-c2cccc3c2C(c2ccc(N=C=O)cc2)c2ccccc2-3)cc1. The van der Waals surface area contributed by atoms with Gasteiger partial charge in [-0.2, -0.15) is 9.98 Å². The van der Waals surface area contributed by atoms with Crippen LogP contribution in [0, 0.1) is 0 Å². The molecule has 0 bridgehead atoms. The van der Waals surface area contributed by atoms with Gasteiger partial charge < -0.3 is 0 Å². The number of aliphatic imine (C=N–C) groups is 2. The van der Waals surface area contributed by atoms with Crippen LogP contribution in [-0.2, 0) is 9.59 Å². The fraction of sp³-hybridized carbons (Fsp3) is 0.0370. The van der Waals surface area contributed by atoms with Crippen LogP contribution < -0.4 is 0 Å². The molecule has 0 aliphatic heterocycles. The van der Waals surface area contributed by atoms with E-state index in [1.54, 1.807) is 12.2 Å². The Kier molecular flexibility index (Phi) is 4.70.